The number of nitrogens with zero attached hydrogens (tertiary/aromatic N) is 3. The van der Waals surface area contributed by atoms with Gasteiger partial charge in [0, 0.05) is 56.0 Å². The quantitative estimate of drug-likeness (QED) is 0.0967. The summed E-state index contributed by atoms with van der Waals surface area (Å²) in [6.45, 7) is 12.8. The largest absolute Gasteiger partial charge is 0.744 e. The van der Waals surface area contributed by atoms with Crippen molar-refractivity contribution in [3.05, 3.63) is 125 Å². The van der Waals surface area contributed by atoms with Crippen LogP contribution in [-0.4, -0.2) is 62.4 Å². The second-order valence-electron chi connectivity index (χ2n) is 13.0. The first-order valence-electron chi connectivity index (χ1n) is 18.0. The summed E-state index contributed by atoms with van der Waals surface area (Å²) >= 11 is 0. The molecule has 1 aliphatic carbocycles. The summed E-state index contributed by atoms with van der Waals surface area (Å²) in [4.78, 5) is 4.05. The van der Waals surface area contributed by atoms with Gasteiger partial charge in [0.05, 0.1) is 9.79 Å². The number of allylic oxidation sites excluding steroid dienone is 1. The summed E-state index contributed by atoms with van der Waals surface area (Å²) in [5.41, 5.74) is 9.94. The van der Waals surface area contributed by atoms with E-state index in [0.29, 0.717) is 19.6 Å². The summed E-state index contributed by atoms with van der Waals surface area (Å²) < 4.78 is 72.0. The van der Waals surface area contributed by atoms with E-state index in [1.807, 2.05) is 19.1 Å². The molecule has 11 heteroatoms. The van der Waals surface area contributed by atoms with Crippen molar-refractivity contribution in [2.75, 3.05) is 36.0 Å². The van der Waals surface area contributed by atoms with E-state index in [2.05, 4.69) is 83.7 Å². The van der Waals surface area contributed by atoms with Gasteiger partial charge in [0.15, 0.2) is 12.3 Å². The molecule has 0 saturated heterocycles. The minimum atomic E-state index is -4.54. The summed E-state index contributed by atoms with van der Waals surface area (Å²) in [6, 6.07) is 29.9. The molecule has 276 valence electrons. The van der Waals surface area contributed by atoms with Crippen LogP contribution in [0.25, 0.3) is 5.57 Å². The predicted molar refractivity (Wildman–Crippen MR) is 206 cm³/mol. The van der Waals surface area contributed by atoms with E-state index in [-0.39, 0.29) is 9.79 Å². The lowest BCUT2D eigenvalue weighted by Crippen LogP contribution is -2.24. The monoisotopic (exact) mass is 742 g/mol. The van der Waals surface area contributed by atoms with Gasteiger partial charge in [-0.25, -0.2) is 21.4 Å². The molecule has 0 amide bonds. The van der Waals surface area contributed by atoms with Crippen LogP contribution in [-0.2, 0) is 33.3 Å². The van der Waals surface area contributed by atoms with Gasteiger partial charge in [-0.1, -0.05) is 54.1 Å². The summed E-state index contributed by atoms with van der Waals surface area (Å²) in [6.07, 6.45) is 3.53. The molecule has 1 fully saturated rings. The third kappa shape index (κ3) is 9.57. The number of hydrogen-bond donors (Lipinski definition) is 0. The maximum Gasteiger partial charge on any atom is 0.168 e. The van der Waals surface area contributed by atoms with E-state index in [1.54, 1.807) is 12.1 Å². The minimum absolute atomic E-state index is 0.200. The van der Waals surface area contributed by atoms with Crippen molar-refractivity contribution in [2.45, 2.75) is 76.3 Å². The molecular weight excluding hydrogens is 695 g/mol. The smallest absolute Gasteiger partial charge is 0.168 e. The van der Waals surface area contributed by atoms with Crippen molar-refractivity contribution in [1.29, 1.82) is 0 Å². The van der Waals surface area contributed by atoms with Crippen LogP contribution in [0.5, 0.6) is 0 Å². The fourth-order valence-corrected chi connectivity index (χ4v) is 8.20. The van der Waals surface area contributed by atoms with Gasteiger partial charge in [-0.3, -0.25) is 0 Å². The van der Waals surface area contributed by atoms with Crippen LogP contribution in [0, 0.1) is 0 Å². The highest BCUT2D eigenvalue weighted by atomic mass is 32.2. The topological polar surface area (TPSA) is 124 Å². The molecule has 9 nitrogen and oxygen atoms in total. The SMILES string of the molecule is CCN(CC)c1ccc(C(=C2CCC(=[N+](CC)Cc3cccc(S(=O)(=O)[O-])c3)CC2)c2ccc(N(CC)Cc3cccc(S(=O)(=O)[O-])c3)cc2)cc1. The zero-order valence-corrected chi connectivity index (χ0v) is 32.0. The molecule has 0 atom stereocenters. The summed E-state index contributed by atoms with van der Waals surface area (Å²) in [5, 5.41) is 0. The van der Waals surface area contributed by atoms with Crippen LogP contribution in [0.2, 0.25) is 0 Å². The lowest BCUT2D eigenvalue weighted by molar-refractivity contribution is -0.543. The van der Waals surface area contributed by atoms with Crippen LogP contribution >= 0.6 is 0 Å². The maximum absolute atomic E-state index is 11.6. The first-order chi connectivity index (χ1) is 24.8. The van der Waals surface area contributed by atoms with Crippen molar-refractivity contribution in [3.63, 3.8) is 0 Å². The molecule has 4 aromatic rings. The Hall–Kier alpha value is -4.29. The van der Waals surface area contributed by atoms with Crippen LogP contribution < -0.4 is 9.80 Å². The Morgan fingerprint density at radius 3 is 1.54 bits per heavy atom. The normalized spacial score (nSPS) is 13.6. The van der Waals surface area contributed by atoms with Crippen LogP contribution in [0.4, 0.5) is 11.4 Å². The van der Waals surface area contributed by atoms with Crippen LogP contribution in [0.1, 0.15) is 75.6 Å². The van der Waals surface area contributed by atoms with Gasteiger partial charge >= 0.3 is 0 Å². The van der Waals surface area contributed by atoms with Crippen molar-refractivity contribution >= 4 is 42.9 Å². The Bertz CT molecular complexity index is 2130. The van der Waals surface area contributed by atoms with E-state index < -0.39 is 20.2 Å². The molecule has 0 spiro atoms. The summed E-state index contributed by atoms with van der Waals surface area (Å²) in [7, 11) is -9.06. The Morgan fingerprint density at radius 2 is 1.08 bits per heavy atom. The molecule has 1 saturated carbocycles. The van der Waals surface area contributed by atoms with Gasteiger partial charge in [0.2, 0.25) is 0 Å². The van der Waals surface area contributed by atoms with E-state index >= 15 is 0 Å². The Balaban J connectivity index is 1.45. The van der Waals surface area contributed by atoms with Crippen molar-refractivity contribution in [3.8, 4) is 0 Å². The van der Waals surface area contributed by atoms with E-state index in [9.17, 15) is 25.9 Å². The molecule has 0 radical (unpaired) electrons. The highest BCUT2D eigenvalue weighted by Crippen LogP contribution is 2.36. The number of hydrogen-bond acceptors (Lipinski definition) is 8. The standard InChI is InChI=1S/C41H49N3O6S2/c1-5-42(6-2)36-21-15-33(16-22-36)41(34-17-23-37(24-18-34)43(7-3)29-31-11-9-13-39(27-31)51(45,46)47)35-19-25-38(26-20-35)44(8-4)30-32-12-10-14-40(28-32)52(48,49)50/h9-18,21-24,27-28H,5-8,19-20,25-26,29-30H2,1-4H3,(H-,45,46,47,48,49,50)/p-1. The van der Waals surface area contributed by atoms with E-state index in [4.69, 9.17) is 0 Å². The molecule has 0 bridgehead atoms. The molecule has 4 aromatic carbocycles. The lowest BCUT2D eigenvalue weighted by atomic mass is 9.84. The molecule has 0 aromatic heterocycles. The Kier molecular flexibility index (Phi) is 12.7. The lowest BCUT2D eigenvalue weighted by Gasteiger charge is -2.25. The Morgan fingerprint density at radius 1 is 0.615 bits per heavy atom. The first-order valence-corrected chi connectivity index (χ1v) is 20.8. The highest BCUT2D eigenvalue weighted by Gasteiger charge is 2.24. The summed E-state index contributed by atoms with van der Waals surface area (Å²) in [5.74, 6) is 0. The first kappa shape index (κ1) is 38.9. The zero-order valence-electron chi connectivity index (χ0n) is 30.4. The fraction of sp³-hybridized carbons (Fsp3) is 0.341. The third-order valence-corrected chi connectivity index (χ3v) is 11.6. The molecule has 0 heterocycles. The highest BCUT2D eigenvalue weighted by molar-refractivity contribution is 7.86. The number of benzene rings is 4. The third-order valence-electron chi connectivity index (χ3n) is 9.92. The van der Waals surface area contributed by atoms with E-state index in [1.165, 1.54) is 46.8 Å². The number of anilines is 2. The number of rotatable bonds is 14. The average Bonchev–Trinajstić information content (AvgIpc) is 3.14. The van der Waals surface area contributed by atoms with Crippen molar-refractivity contribution < 1.29 is 30.5 Å². The van der Waals surface area contributed by atoms with Crippen LogP contribution in [0.15, 0.2) is 112 Å². The molecule has 1 aliphatic rings. The van der Waals surface area contributed by atoms with Crippen LogP contribution in [0.3, 0.4) is 0 Å². The maximum atomic E-state index is 11.6. The second kappa shape index (κ2) is 17.0. The Labute approximate surface area is 309 Å². The van der Waals surface area contributed by atoms with Gasteiger partial charge in [0.25, 0.3) is 0 Å². The molecule has 0 N–H and O–H groups in total. The predicted octanol–water partition coefficient (Wildman–Crippen LogP) is 7.42. The van der Waals surface area contributed by atoms with Gasteiger partial charge in [-0.15, -0.1) is 0 Å². The molecule has 0 aliphatic heterocycles. The van der Waals surface area contributed by atoms with Gasteiger partial charge in [-0.05, 0) is 111 Å². The molecule has 0 unspecified atom stereocenters. The molecule has 52 heavy (non-hydrogen) atoms. The van der Waals surface area contributed by atoms with Crippen molar-refractivity contribution in [1.82, 2.24) is 0 Å². The van der Waals surface area contributed by atoms with Crippen molar-refractivity contribution in [2.24, 2.45) is 0 Å². The molecule has 5 rings (SSSR count). The van der Waals surface area contributed by atoms with Gasteiger partial charge < -0.3 is 18.9 Å². The zero-order chi connectivity index (χ0) is 37.5. The van der Waals surface area contributed by atoms with Gasteiger partial charge in [-0.2, -0.15) is 0 Å². The second-order valence-corrected chi connectivity index (χ2v) is 15.8. The van der Waals surface area contributed by atoms with Gasteiger partial charge in [0.1, 0.15) is 26.8 Å². The minimum Gasteiger partial charge on any atom is -0.744 e. The fourth-order valence-electron chi connectivity index (χ4n) is 7.12. The average molecular weight is 743 g/mol. The molecular formula is C41H48N3O6S2-. The van der Waals surface area contributed by atoms with E-state index in [0.717, 1.165) is 73.3 Å².